The lowest BCUT2D eigenvalue weighted by molar-refractivity contribution is -0.0384. The lowest BCUT2D eigenvalue weighted by Gasteiger charge is -2.16. The average Bonchev–Trinajstić information content (AvgIpc) is 2.51. The van der Waals surface area contributed by atoms with Crippen LogP contribution < -0.4 is 0 Å². The average molecular weight is 181 g/mol. The highest BCUT2D eigenvalue weighted by molar-refractivity contribution is 5.36. The van der Waals surface area contributed by atoms with Gasteiger partial charge in [-0.1, -0.05) is 32.9 Å². The molecule has 1 heterocycles. The second-order valence-corrected chi connectivity index (χ2v) is 3.37. The van der Waals surface area contributed by atoms with Crippen molar-refractivity contribution < 1.29 is 5.21 Å². The highest BCUT2D eigenvalue weighted by Gasteiger charge is 2.23. The number of hydrogen-bond acceptors (Lipinski definition) is 2. The molecule has 0 bridgehead atoms. The van der Waals surface area contributed by atoms with Gasteiger partial charge < -0.3 is 0 Å². The van der Waals surface area contributed by atoms with Crippen LogP contribution in [-0.4, -0.2) is 16.8 Å². The molecule has 74 valence electrons. The Kier molecular flexibility index (Phi) is 3.55. The molecule has 1 saturated heterocycles. The molecule has 0 saturated carbocycles. The van der Waals surface area contributed by atoms with Crippen molar-refractivity contribution in [3.8, 4) is 0 Å². The Bertz CT molecular complexity index is 230. The number of rotatable bonds is 0. The molecule has 2 heteroatoms. The minimum atomic E-state index is 0.653. The highest BCUT2D eigenvalue weighted by Crippen LogP contribution is 2.31. The lowest BCUT2D eigenvalue weighted by Crippen LogP contribution is -2.13. The summed E-state index contributed by atoms with van der Waals surface area (Å²) in [6.45, 7) is 6.98. The second kappa shape index (κ2) is 4.47. The topological polar surface area (TPSA) is 23.5 Å². The quantitative estimate of drug-likeness (QED) is 0.621. The summed E-state index contributed by atoms with van der Waals surface area (Å²) < 4.78 is 0. The zero-order valence-electron chi connectivity index (χ0n) is 8.75. The number of fused-ring (bicyclic) bond motifs is 1. The van der Waals surface area contributed by atoms with Crippen LogP contribution in [-0.2, 0) is 0 Å². The van der Waals surface area contributed by atoms with Crippen LogP contribution in [0.15, 0.2) is 23.4 Å². The van der Waals surface area contributed by atoms with Crippen LogP contribution in [0.2, 0.25) is 0 Å². The van der Waals surface area contributed by atoms with E-state index in [1.165, 1.54) is 10.6 Å². The molecule has 1 aliphatic carbocycles. The molecular weight excluding hydrogens is 162 g/mol. The van der Waals surface area contributed by atoms with Crippen LogP contribution in [0.5, 0.6) is 0 Å². The van der Waals surface area contributed by atoms with Gasteiger partial charge >= 0.3 is 0 Å². The first kappa shape index (κ1) is 10.3. The van der Waals surface area contributed by atoms with Crippen molar-refractivity contribution in [1.82, 2.24) is 5.06 Å². The molecule has 2 nitrogen and oxygen atoms in total. The van der Waals surface area contributed by atoms with Crippen LogP contribution in [0.1, 0.15) is 33.6 Å². The van der Waals surface area contributed by atoms with Crippen molar-refractivity contribution in [3.63, 3.8) is 0 Å². The molecule has 0 amide bonds. The van der Waals surface area contributed by atoms with Crippen LogP contribution in [0.25, 0.3) is 0 Å². The number of allylic oxidation sites excluding steroid dienone is 3. The molecule has 0 radical (unpaired) electrons. The molecule has 1 N–H and O–H groups in total. The van der Waals surface area contributed by atoms with Gasteiger partial charge in [0.15, 0.2) is 0 Å². The van der Waals surface area contributed by atoms with E-state index in [4.69, 9.17) is 0 Å². The maximum atomic E-state index is 9.33. The summed E-state index contributed by atoms with van der Waals surface area (Å²) in [5, 5.41) is 10.7. The van der Waals surface area contributed by atoms with E-state index in [0.717, 1.165) is 25.1 Å². The highest BCUT2D eigenvalue weighted by atomic mass is 16.5. The Balaban J connectivity index is 0.000000396. The van der Waals surface area contributed by atoms with Crippen LogP contribution in [0.3, 0.4) is 0 Å². The van der Waals surface area contributed by atoms with Gasteiger partial charge in [-0.05, 0) is 24.3 Å². The fraction of sp³-hybridized carbons (Fsp3) is 0.636. The molecule has 1 aliphatic heterocycles. The standard InChI is InChI=1S/C9H13NO.C2H6/c1-7-2-3-9-8(6-7)4-5-10(9)11;1-2/h3,6-7,11H,2,4-5H2,1H3;1-2H3. The van der Waals surface area contributed by atoms with E-state index in [9.17, 15) is 5.21 Å². The molecular formula is C11H19NO. The molecule has 13 heavy (non-hydrogen) atoms. The van der Waals surface area contributed by atoms with E-state index < -0.39 is 0 Å². The summed E-state index contributed by atoms with van der Waals surface area (Å²) in [5.41, 5.74) is 2.37. The number of hydrogen-bond donors (Lipinski definition) is 1. The summed E-state index contributed by atoms with van der Waals surface area (Å²) in [6, 6.07) is 0. The van der Waals surface area contributed by atoms with E-state index in [-0.39, 0.29) is 0 Å². The summed E-state index contributed by atoms with van der Waals surface area (Å²) in [5.74, 6) is 0.653. The molecule has 0 aromatic rings. The van der Waals surface area contributed by atoms with Gasteiger partial charge in [0.05, 0.1) is 5.70 Å². The molecule has 2 aliphatic rings. The summed E-state index contributed by atoms with van der Waals surface area (Å²) in [4.78, 5) is 0. The second-order valence-electron chi connectivity index (χ2n) is 3.37. The minimum absolute atomic E-state index is 0.653. The molecule has 1 atom stereocenters. The summed E-state index contributed by atoms with van der Waals surface area (Å²) >= 11 is 0. The predicted molar refractivity (Wildman–Crippen MR) is 54.4 cm³/mol. The molecule has 0 aromatic carbocycles. The van der Waals surface area contributed by atoms with E-state index in [1.54, 1.807) is 0 Å². The monoisotopic (exact) mass is 181 g/mol. The third kappa shape index (κ3) is 2.13. The van der Waals surface area contributed by atoms with E-state index in [1.807, 2.05) is 13.8 Å². The lowest BCUT2D eigenvalue weighted by atomic mass is 9.96. The minimum Gasteiger partial charge on any atom is -0.288 e. The van der Waals surface area contributed by atoms with Gasteiger partial charge in [0.1, 0.15) is 0 Å². The van der Waals surface area contributed by atoms with Gasteiger partial charge in [-0.2, -0.15) is 0 Å². The zero-order valence-corrected chi connectivity index (χ0v) is 8.75. The number of nitrogens with zero attached hydrogens (tertiary/aromatic N) is 1. The van der Waals surface area contributed by atoms with Gasteiger partial charge in [0.2, 0.25) is 0 Å². The van der Waals surface area contributed by atoms with Crippen LogP contribution >= 0.6 is 0 Å². The summed E-state index contributed by atoms with van der Waals surface area (Å²) in [6.07, 6.45) is 6.47. The van der Waals surface area contributed by atoms with Crippen molar-refractivity contribution in [1.29, 1.82) is 0 Å². The van der Waals surface area contributed by atoms with Crippen molar-refractivity contribution in [2.24, 2.45) is 5.92 Å². The van der Waals surface area contributed by atoms with E-state index in [2.05, 4.69) is 19.1 Å². The van der Waals surface area contributed by atoms with Crippen molar-refractivity contribution in [3.05, 3.63) is 23.4 Å². The third-order valence-corrected chi connectivity index (χ3v) is 2.37. The van der Waals surface area contributed by atoms with Crippen molar-refractivity contribution in [2.75, 3.05) is 6.54 Å². The summed E-state index contributed by atoms with van der Waals surface area (Å²) in [7, 11) is 0. The maximum Gasteiger partial charge on any atom is 0.0624 e. The largest absolute Gasteiger partial charge is 0.288 e. The van der Waals surface area contributed by atoms with Crippen LogP contribution in [0, 0.1) is 5.92 Å². The Hall–Kier alpha value is -0.760. The first-order valence-electron chi connectivity index (χ1n) is 5.15. The predicted octanol–water partition coefficient (Wildman–Crippen LogP) is 2.96. The SMILES string of the molecule is CC.CC1C=C2CCN(O)C2=CC1. The fourth-order valence-electron chi connectivity index (χ4n) is 1.75. The molecule has 0 aromatic heterocycles. The first-order valence-corrected chi connectivity index (χ1v) is 5.15. The number of hydroxylamine groups is 2. The van der Waals surface area contributed by atoms with Gasteiger partial charge in [0.25, 0.3) is 0 Å². The third-order valence-electron chi connectivity index (χ3n) is 2.37. The normalized spacial score (nSPS) is 25.5. The Morgan fingerprint density at radius 3 is 2.85 bits per heavy atom. The van der Waals surface area contributed by atoms with Gasteiger partial charge in [-0.15, -0.1) is 0 Å². The van der Waals surface area contributed by atoms with Crippen LogP contribution in [0.4, 0.5) is 0 Å². The Morgan fingerprint density at radius 1 is 1.46 bits per heavy atom. The molecule has 1 fully saturated rings. The molecule has 1 unspecified atom stereocenters. The first-order chi connectivity index (χ1) is 6.27. The van der Waals surface area contributed by atoms with Gasteiger partial charge in [-0.25, -0.2) is 0 Å². The van der Waals surface area contributed by atoms with E-state index in [0.29, 0.717) is 5.92 Å². The van der Waals surface area contributed by atoms with Gasteiger partial charge in [-0.3, -0.25) is 10.3 Å². The Labute approximate surface area is 80.5 Å². The maximum absolute atomic E-state index is 9.33. The zero-order chi connectivity index (χ0) is 9.84. The smallest absolute Gasteiger partial charge is 0.0624 e. The molecule has 0 spiro atoms. The van der Waals surface area contributed by atoms with Gasteiger partial charge in [0, 0.05) is 6.54 Å². The molecule has 2 rings (SSSR count). The van der Waals surface area contributed by atoms with Crippen molar-refractivity contribution >= 4 is 0 Å². The Morgan fingerprint density at radius 2 is 2.15 bits per heavy atom. The van der Waals surface area contributed by atoms with E-state index >= 15 is 0 Å². The fourth-order valence-corrected chi connectivity index (χ4v) is 1.75. The van der Waals surface area contributed by atoms with Crippen molar-refractivity contribution in [2.45, 2.75) is 33.6 Å².